The summed E-state index contributed by atoms with van der Waals surface area (Å²) in [6.07, 6.45) is 2.16. The Hall–Kier alpha value is -10.5. The van der Waals surface area contributed by atoms with Gasteiger partial charge in [0.2, 0.25) is 0 Å². The molecule has 0 saturated heterocycles. The predicted octanol–water partition coefficient (Wildman–Crippen LogP) is 21.5. The maximum Gasteiger partial charge on any atom is 0.268 e. The molecule has 2 aliphatic carbocycles. The molecule has 12 aromatic carbocycles. The summed E-state index contributed by atoms with van der Waals surface area (Å²) >= 11 is 1.96. The quantitative estimate of drug-likeness (QED) is 0.134. The van der Waals surface area contributed by atoms with E-state index in [0.717, 1.165) is 98.3 Å². The number of benzene rings is 12. The number of hydrogen-bond donors (Lipinski definition) is 0. The molecule has 9 heteroatoms. The van der Waals surface area contributed by atoms with Crippen LogP contribution in [-0.4, -0.2) is 13.4 Å². The largest absolute Gasteiger partial charge is 0.458 e. The van der Waals surface area contributed by atoms with Gasteiger partial charge in [0.15, 0.2) is 0 Å². The zero-order valence-electron chi connectivity index (χ0n) is 59.5. The molecule has 0 spiro atoms. The normalized spacial score (nSPS) is 16.3. The van der Waals surface area contributed by atoms with Gasteiger partial charge in [0.05, 0.1) is 17.1 Å². The monoisotopic (exact) mass is 1330 g/mol. The Morgan fingerprint density at radius 2 is 0.822 bits per heavy atom. The van der Waals surface area contributed by atoms with Gasteiger partial charge in [-0.25, -0.2) is 0 Å². The maximum atomic E-state index is 8.00. The van der Waals surface area contributed by atoms with E-state index < -0.39 is 0 Å². The maximum absolute atomic E-state index is 8.00. The fraction of sp³-hybridized carbons (Fsp3) is 0.196. The summed E-state index contributed by atoms with van der Waals surface area (Å²) in [6, 6.07) is 101. The minimum Gasteiger partial charge on any atom is -0.458 e. The summed E-state index contributed by atoms with van der Waals surface area (Å²) in [7, 11) is 0. The van der Waals surface area contributed by atoms with E-state index in [1.165, 1.54) is 81.4 Å². The van der Waals surface area contributed by atoms with Crippen LogP contribution < -0.4 is 61.3 Å². The van der Waals surface area contributed by atoms with Crippen LogP contribution in [0, 0.1) is 0 Å². The first kappa shape index (κ1) is 61.6. The Morgan fingerprint density at radius 1 is 0.356 bits per heavy atom. The Kier molecular flexibility index (Phi) is 13.4. The number of rotatable bonds is 9. The van der Waals surface area contributed by atoms with Crippen LogP contribution in [-0.2, 0) is 27.1 Å². The fourth-order valence-corrected chi connectivity index (χ4v) is 20.5. The van der Waals surface area contributed by atoms with Crippen molar-refractivity contribution in [2.45, 2.75) is 116 Å². The molecule has 0 saturated carbocycles. The number of fused-ring (bicyclic) bond motifs is 12. The summed E-state index contributed by atoms with van der Waals surface area (Å²) < 4.78 is 10.6. The van der Waals surface area contributed by atoms with Gasteiger partial charge in [-0.3, -0.25) is 0 Å². The van der Waals surface area contributed by atoms with Crippen LogP contribution in [0.3, 0.4) is 0 Å². The first-order valence-corrected chi connectivity index (χ1v) is 36.9. The molecule has 5 heterocycles. The molecule has 0 atom stereocenters. The molecule has 0 N–H and O–H groups in total. The van der Waals surface area contributed by atoms with Crippen molar-refractivity contribution in [2.24, 2.45) is 0 Å². The number of ether oxygens (including phenoxy) is 1. The third-order valence-electron chi connectivity index (χ3n) is 23.1. The van der Waals surface area contributed by atoms with E-state index in [-0.39, 0.29) is 40.5 Å². The summed E-state index contributed by atoms with van der Waals surface area (Å²) in [5.74, 6) is 1.71. The van der Waals surface area contributed by atoms with Gasteiger partial charge in [-0.15, -0.1) is 11.3 Å². The average molecular weight is 1330 g/mol. The Labute approximate surface area is 599 Å². The first-order chi connectivity index (χ1) is 48.7. The van der Waals surface area contributed by atoms with Crippen molar-refractivity contribution < 1.29 is 4.74 Å². The summed E-state index contributed by atoms with van der Waals surface area (Å²) in [4.78, 5) is 12.7. The molecule has 19 rings (SSSR count). The number of para-hydroxylation sites is 6. The van der Waals surface area contributed by atoms with Gasteiger partial charge in [-0.2, -0.15) is 0 Å². The lowest BCUT2D eigenvalue weighted by atomic mass is 9.31. The van der Waals surface area contributed by atoms with Crippen LogP contribution in [0.1, 0.15) is 117 Å². The van der Waals surface area contributed by atoms with E-state index in [1.54, 1.807) is 0 Å². The molecule has 0 unspecified atom stereocenters. The topological polar surface area (TPSA) is 25.4 Å². The molecular weight excluding hydrogens is 1240 g/mol. The molecule has 0 fully saturated rings. The van der Waals surface area contributed by atoms with Gasteiger partial charge in [-0.1, -0.05) is 210 Å². The zero-order valence-corrected chi connectivity index (χ0v) is 60.3. The van der Waals surface area contributed by atoms with E-state index in [4.69, 9.17) is 4.74 Å². The SMILES string of the molecule is CC(C)(C)c1ccc2sc3c(c2c1)N(c1ccc2c(c1)C(C)(C)CC2(C)C)c1cc(N(c2ccccc2)c2ccccc2)cc2c1B3c1cc3c(cc1O2)N(c1ccccc1)c1cc(N(c2ccccc2)c2ccccc2)cc2c1B3c1ccccc1N2c1ccc2c(c1)C(C)(C)CC2(C)C. The third kappa shape index (κ3) is 9.44. The first-order valence-electron chi connectivity index (χ1n) is 36.1. The molecule has 0 amide bonds. The van der Waals surface area contributed by atoms with Crippen LogP contribution in [0.15, 0.2) is 267 Å². The molecule has 4 aliphatic heterocycles. The smallest absolute Gasteiger partial charge is 0.268 e. The van der Waals surface area contributed by atoms with Crippen molar-refractivity contribution >= 4 is 152 Å². The second-order valence-corrected chi connectivity index (χ2v) is 33.8. The van der Waals surface area contributed by atoms with Crippen molar-refractivity contribution in [1.29, 1.82) is 0 Å². The fourth-order valence-electron chi connectivity index (χ4n) is 19.2. The molecule has 13 aromatic rings. The van der Waals surface area contributed by atoms with Gasteiger partial charge >= 0.3 is 0 Å². The van der Waals surface area contributed by atoms with Crippen LogP contribution >= 0.6 is 11.3 Å². The molecule has 6 nitrogen and oxygen atoms in total. The third-order valence-corrected chi connectivity index (χ3v) is 24.3. The second-order valence-electron chi connectivity index (χ2n) is 32.7. The van der Waals surface area contributed by atoms with Crippen molar-refractivity contribution in [3.05, 3.63) is 295 Å². The highest BCUT2D eigenvalue weighted by molar-refractivity contribution is 7.33. The second kappa shape index (κ2) is 22.0. The Morgan fingerprint density at radius 3 is 1.36 bits per heavy atom. The summed E-state index contributed by atoms with van der Waals surface area (Å²) in [5.41, 5.74) is 29.8. The molecular formula is C92H81B2N5OS. The van der Waals surface area contributed by atoms with Crippen molar-refractivity contribution in [3.63, 3.8) is 0 Å². The van der Waals surface area contributed by atoms with E-state index in [2.05, 4.69) is 368 Å². The summed E-state index contributed by atoms with van der Waals surface area (Å²) in [6.45, 7) is 26.1. The van der Waals surface area contributed by atoms with E-state index >= 15 is 0 Å². The van der Waals surface area contributed by atoms with Crippen molar-refractivity contribution in [3.8, 4) is 11.5 Å². The molecule has 492 valence electrons. The van der Waals surface area contributed by atoms with Crippen LogP contribution in [0.25, 0.3) is 10.1 Å². The minimum atomic E-state index is -0.204. The lowest BCUT2D eigenvalue weighted by Crippen LogP contribution is -2.64. The van der Waals surface area contributed by atoms with E-state index in [1.807, 2.05) is 11.3 Å². The highest BCUT2D eigenvalue weighted by Crippen LogP contribution is 2.57. The highest BCUT2D eigenvalue weighted by atomic mass is 32.1. The lowest BCUT2D eigenvalue weighted by Gasteiger charge is -2.46. The number of hydrogen-bond acceptors (Lipinski definition) is 7. The molecule has 6 aliphatic rings. The van der Waals surface area contributed by atoms with Gasteiger partial charge in [0.1, 0.15) is 11.5 Å². The van der Waals surface area contributed by atoms with Crippen LogP contribution in [0.4, 0.5) is 85.3 Å². The van der Waals surface area contributed by atoms with Crippen LogP contribution in [0.2, 0.25) is 0 Å². The predicted molar refractivity (Wildman–Crippen MR) is 431 cm³/mol. The standard InChI is InChI=1S/C92H81B2N5OS/c1-88(2,3)58-41-46-83-68(47-58)86-87(101-83)94-75-54-74-77(55-81(75)100-82-53-67(96(61-33-21-14-22-34-61)62-35-23-15-24-36-62)52-80(85(82)94)99(86)65-43-45-70-72(49-65)92(10,11)57-90(70,6)7)97(63-37-25-16-26-38-63)78-50-66(95(59-29-17-12-18-30-59)60-31-19-13-20-32-60)51-79-84(78)93(74)73-39-27-28-40-76(73)98(79)64-42-44-69-71(48-64)91(8,9)56-89(69,4)5/h12-55H,56-57H2,1-11H3. The molecule has 1 aromatic heterocycles. The minimum absolute atomic E-state index is 0.0205. The van der Waals surface area contributed by atoms with Gasteiger partial charge in [-0.05, 0) is 216 Å². The zero-order chi connectivity index (χ0) is 68.8. The number of thiophene rings is 1. The molecule has 0 radical (unpaired) electrons. The Balaban J connectivity index is 0.911. The van der Waals surface area contributed by atoms with Crippen molar-refractivity contribution in [2.75, 3.05) is 24.5 Å². The van der Waals surface area contributed by atoms with Gasteiger partial charge in [0.25, 0.3) is 13.4 Å². The highest BCUT2D eigenvalue weighted by Gasteiger charge is 2.51. The van der Waals surface area contributed by atoms with Crippen LogP contribution in [0.5, 0.6) is 11.5 Å². The summed E-state index contributed by atoms with van der Waals surface area (Å²) in [5, 5.41) is 1.27. The molecule has 0 bridgehead atoms. The lowest BCUT2D eigenvalue weighted by molar-refractivity contribution is 0.402. The van der Waals surface area contributed by atoms with E-state index in [9.17, 15) is 0 Å². The Bertz CT molecular complexity index is 5470. The molecule has 101 heavy (non-hydrogen) atoms. The van der Waals surface area contributed by atoms with Gasteiger partial charge in [0, 0.05) is 95.2 Å². The van der Waals surface area contributed by atoms with E-state index in [0.29, 0.717) is 0 Å². The average Bonchev–Trinajstić information content (AvgIpc) is 1.44. The van der Waals surface area contributed by atoms with Crippen molar-refractivity contribution in [1.82, 2.24) is 0 Å². The van der Waals surface area contributed by atoms with Gasteiger partial charge < -0.3 is 29.2 Å². The number of nitrogens with zero attached hydrogens (tertiary/aromatic N) is 5. The number of anilines is 15.